The zero-order valence-corrected chi connectivity index (χ0v) is 16.5. The van der Waals surface area contributed by atoms with Gasteiger partial charge in [0.15, 0.2) is 5.96 Å². The van der Waals surface area contributed by atoms with E-state index in [2.05, 4.69) is 37.4 Å². The lowest BCUT2D eigenvalue weighted by Gasteiger charge is -2.33. The molecule has 0 bridgehead atoms. The van der Waals surface area contributed by atoms with Crippen molar-refractivity contribution in [1.82, 2.24) is 15.5 Å². The average molecular weight is 387 g/mol. The summed E-state index contributed by atoms with van der Waals surface area (Å²) >= 11 is 1.76. The quantitative estimate of drug-likeness (QED) is 0.610. The maximum absolute atomic E-state index is 13.9. The van der Waals surface area contributed by atoms with Gasteiger partial charge in [-0.15, -0.1) is 0 Å². The van der Waals surface area contributed by atoms with Crippen LogP contribution in [0.5, 0.6) is 0 Å². The molecule has 6 heteroatoms. The Morgan fingerprint density at radius 2 is 2.04 bits per heavy atom. The van der Waals surface area contributed by atoms with Crippen LogP contribution in [0, 0.1) is 5.82 Å². The predicted octanol–water partition coefficient (Wildman–Crippen LogP) is 3.57. The van der Waals surface area contributed by atoms with Crippen LogP contribution in [0.1, 0.15) is 36.3 Å². The van der Waals surface area contributed by atoms with Crippen LogP contribution in [0.4, 0.5) is 4.39 Å². The van der Waals surface area contributed by atoms with Gasteiger partial charge >= 0.3 is 0 Å². The van der Waals surface area contributed by atoms with Crippen LogP contribution in [0.25, 0.3) is 0 Å². The molecule has 0 amide bonds. The molecule has 1 aromatic heterocycles. The molecule has 2 aromatic rings. The molecule has 2 aliphatic rings. The maximum atomic E-state index is 13.9. The highest BCUT2D eigenvalue weighted by atomic mass is 32.1. The van der Waals surface area contributed by atoms with Gasteiger partial charge in [-0.05, 0) is 53.3 Å². The summed E-state index contributed by atoms with van der Waals surface area (Å²) in [7, 11) is 1.81. The van der Waals surface area contributed by atoms with E-state index in [0.29, 0.717) is 6.04 Å². The Morgan fingerprint density at radius 3 is 2.74 bits per heavy atom. The number of guanidine groups is 1. The molecular formula is C21H27FN4S. The Bertz CT molecular complexity index is 768. The number of rotatable bonds is 5. The molecule has 2 fully saturated rings. The van der Waals surface area contributed by atoms with Gasteiger partial charge in [0.1, 0.15) is 5.82 Å². The molecule has 1 saturated heterocycles. The van der Waals surface area contributed by atoms with E-state index in [1.807, 2.05) is 19.2 Å². The van der Waals surface area contributed by atoms with Crippen molar-refractivity contribution in [3.63, 3.8) is 0 Å². The van der Waals surface area contributed by atoms with Gasteiger partial charge in [-0.1, -0.05) is 18.2 Å². The number of thiophene rings is 1. The highest BCUT2D eigenvalue weighted by Gasteiger charge is 2.40. The predicted molar refractivity (Wildman–Crippen MR) is 110 cm³/mol. The zero-order valence-electron chi connectivity index (χ0n) is 15.7. The fourth-order valence-electron chi connectivity index (χ4n) is 3.89. The van der Waals surface area contributed by atoms with E-state index in [1.165, 1.54) is 5.56 Å². The van der Waals surface area contributed by atoms with E-state index in [-0.39, 0.29) is 17.8 Å². The molecule has 4 rings (SSSR count). The van der Waals surface area contributed by atoms with Crippen molar-refractivity contribution < 1.29 is 4.39 Å². The van der Waals surface area contributed by atoms with Gasteiger partial charge in [0, 0.05) is 44.7 Å². The summed E-state index contributed by atoms with van der Waals surface area (Å²) in [5.41, 5.74) is 2.23. The van der Waals surface area contributed by atoms with Crippen molar-refractivity contribution in [2.45, 2.75) is 43.8 Å². The van der Waals surface area contributed by atoms with E-state index in [1.54, 1.807) is 23.5 Å². The van der Waals surface area contributed by atoms with E-state index < -0.39 is 0 Å². The third-order valence-electron chi connectivity index (χ3n) is 5.56. The van der Waals surface area contributed by atoms with E-state index in [9.17, 15) is 4.39 Å². The molecule has 0 spiro atoms. The second kappa shape index (κ2) is 8.40. The number of nitrogens with one attached hydrogen (secondary N) is 2. The molecular weight excluding hydrogens is 359 g/mol. The molecule has 1 aliphatic heterocycles. The number of benzene rings is 1. The summed E-state index contributed by atoms with van der Waals surface area (Å²) in [6.45, 7) is 3.26. The standard InChI is InChI=1S/C21H27FN4S/c1-23-21(25-20-12-18(20)17-4-2-3-5-19(17)22)24-16-6-9-26(10-7-16)13-15-8-11-27-14-15/h2-5,8,11,14,16,18,20H,6-7,9-10,12-13H2,1H3,(H2,23,24,25). The number of halogens is 1. The van der Waals surface area contributed by atoms with Gasteiger partial charge in [0.2, 0.25) is 0 Å². The number of piperidine rings is 1. The minimum atomic E-state index is -0.104. The number of aliphatic imine (C=N–C) groups is 1. The summed E-state index contributed by atoms with van der Waals surface area (Å²) in [6, 6.07) is 10.0. The highest BCUT2D eigenvalue weighted by molar-refractivity contribution is 7.07. The van der Waals surface area contributed by atoms with Crippen molar-refractivity contribution >= 4 is 17.3 Å². The average Bonchev–Trinajstić information content (AvgIpc) is 3.24. The van der Waals surface area contributed by atoms with E-state index in [0.717, 1.165) is 50.4 Å². The normalized spacial score (nSPS) is 24.0. The maximum Gasteiger partial charge on any atom is 0.191 e. The zero-order chi connectivity index (χ0) is 18.6. The third-order valence-corrected chi connectivity index (χ3v) is 6.29. The van der Waals surface area contributed by atoms with Crippen LogP contribution in [0.3, 0.4) is 0 Å². The van der Waals surface area contributed by atoms with Crippen molar-refractivity contribution in [2.24, 2.45) is 4.99 Å². The Morgan fingerprint density at radius 1 is 1.22 bits per heavy atom. The van der Waals surface area contributed by atoms with E-state index in [4.69, 9.17) is 0 Å². The van der Waals surface area contributed by atoms with E-state index >= 15 is 0 Å². The van der Waals surface area contributed by atoms with Gasteiger partial charge < -0.3 is 10.6 Å². The Labute approximate surface area is 164 Å². The van der Waals surface area contributed by atoms with Crippen LogP contribution >= 0.6 is 11.3 Å². The van der Waals surface area contributed by atoms with Gasteiger partial charge in [-0.2, -0.15) is 11.3 Å². The second-order valence-corrected chi connectivity index (χ2v) is 8.29. The monoisotopic (exact) mass is 386 g/mol. The van der Waals surface area contributed by atoms with Gasteiger partial charge in [-0.25, -0.2) is 4.39 Å². The Balaban J connectivity index is 1.23. The first-order valence-electron chi connectivity index (χ1n) is 9.70. The van der Waals surface area contributed by atoms with Gasteiger partial charge in [0.05, 0.1) is 0 Å². The van der Waals surface area contributed by atoms with Crippen molar-refractivity contribution in [1.29, 1.82) is 0 Å². The fraction of sp³-hybridized carbons (Fsp3) is 0.476. The molecule has 4 nitrogen and oxygen atoms in total. The highest BCUT2D eigenvalue weighted by Crippen LogP contribution is 2.41. The largest absolute Gasteiger partial charge is 0.354 e. The number of hydrogen-bond donors (Lipinski definition) is 2. The molecule has 2 heterocycles. The summed E-state index contributed by atoms with van der Waals surface area (Å²) in [4.78, 5) is 6.90. The third kappa shape index (κ3) is 4.68. The van der Waals surface area contributed by atoms with Crippen LogP contribution < -0.4 is 10.6 Å². The molecule has 1 saturated carbocycles. The molecule has 1 aliphatic carbocycles. The smallest absolute Gasteiger partial charge is 0.191 e. The minimum Gasteiger partial charge on any atom is -0.354 e. The summed E-state index contributed by atoms with van der Waals surface area (Å²) in [5, 5.41) is 11.4. The number of hydrogen-bond acceptors (Lipinski definition) is 3. The number of nitrogens with zero attached hydrogens (tertiary/aromatic N) is 2. The molecule has 2 N–H and O–H groups in total. The second-order valence-electron chi connectivity index (χ2n) is 7.51. The molecule has 144 valence electrons. The fourth-order valence-corrected chi connectivity index (χ4v) is 4.55. The lowest BCUT2D eigenvalue weighted by Crippen LogP contribution is -2.49. The molecule has 2 atom stereocenters. The summed E-state index contributed by atoms with van der Waals surface area (Å²) in [6.07, 6.45) is 3.19. The van der Waals surface area contributed by atoms with Gasteiger partial charge in [-0.3, -0.25) is 9.89 Å². The van der Waals surface area contributed by atoms with Crippen molar-refractivity contribution in [2.75, 3.05) is 20.1 Å². The molecule has 1 aromatic carbocycles. The molecule has 0 radical (unpaired) electrons. The topological polar surface area (TPSA) is 39.7 Å². The molecule has 27 heavy (non-hydrogen) atoms. The van der Waals surface area contributed by atoms with Gasteiger partial charge in [0.25, 0.3) is 0 Å². The number of likely N-dealkylation sites (tertiary alicyclic amines) is 1. The first-order valence-corrected chi connectivity index (χ1v) is 10.6. The van der Waals surface area contributed by atoms with Crippen molar-refractivity contribution in [3.05, 3.63) is 58.0 Å². The minimum absolute atomic E-state index is 0.104. The Hall–Kier alpha value is -1.92. The lowest BCUT2D eigenvalue weighted by molar-refractivity contribution is 0.198. The lowest BCUT2D eigenvalue weighted by atomic mass is 10.0. The van der Waals surface area contributed by atoms with Crippen LogP contribution in [-0.2, 0) is 6.54 Å². The van der Waals surface area contributed by atoms with Crippen LogP contribution in [-0.4, -0.2) is 43.1 Å². The SMILES string of the molecule is CN=C(NC1CCN(Cc2ccsc2)CC1)NC1CC1c1ccccc1F. The Kier molecular flexibility index (Phi) is 5.74. The molecule has 2 unspecified atom stereocenters. The van der Waals surface area contributed by atoms with Crippen LogP contribution in [0.2, 0.25) is 0 Å². The van der Waals surface area contributed by atoms with Crippen molar-refractivity contribution in [3.8, 4) is 0 Å². The first-order chi connectivity index (χ1) is 13.2. The summed E-state index contributed by atoms with van der Waals surface area (Å²) in [5.74, 6) is 0.986. The van der Waals surface area contributed by atoms with Crippen LogP contribution in [0.15, 0.2) is 46.1 Å². The first kappa shape index (κ1) is 18.4. The summed E-state index contributed by atoms with van der Waals surface area (Å²) < 4.78 is 13.9.